The van der Waals surface area contributed by atoms with E-state index in [1.165, 1.54) is 12.1 Å². The maximum atomic E-state index is 13.1. The Labute approximate surface area is 177 Å². The van der Waals surface area contributed by atoms with Gasteiger partial charge in [0.1, 0.15) is 0 Å². The third-order valence-electron chi connectivity index (χ3n) is 4.31. The SMILES string of the molecule is Cc1cccc(C(NC(=S)Nc2ccc(Cl)c(C(F)(F)F)c2)c2ccccc2)c1. The molecule has 0 saturated carbocycles. The van der Waals surface area contributed by atoms with Gasteiger partial charge in [-0.25, -0.2) is 0 Å². The van der Waals surface area contributed by atoms with Gasteiger partial charge in [0.05, 0.1) is 16.6 Å². The molecule has 0 heterocycles. The van der Waals surface area contributed by atoms with Crippen molar-refractivity contribution in [1.82, 2.24) is 5.32 Å². The van der Waals surface area contributed by atoms with Gasteiger partial charge < -0.3 is 10.6 Å². The summed E-state index contributed by atoms with van der Waals surface area (Å²) in [6, 6.07) is 21.0. The first-order valence-corrected chi connectivity index (χ1v) is 9.58. The molecule has 0 aliphatic heterocycles. The summed E-state index contributed by atoms with van der Waals surface area (Å²) in [6.07, 6.45) is -4.54. The quantitative estimate of drug-likeness (QED) is 0.444. The van der Waals surface area contributed by atoms with Gasteiger partial charge in [-0.15, -0.1) is 0 Å². The van der Waals surface area contributed by atoms with Crippen LogP contribution in [0.2, 0.25) is 5.02 Å². The second kappa shape index (κ2) is 8.84. The fourth-order valence-corrected chi connectivity index (χ4v) is 3.43. The molecule has 0 aliphatic rings. The van der Waals surface area contributed by atoms with E-state index in [0.717, 1.165) is 22.8 Å². The predicted octanol–water partition coefficient (Wildman–Crippen LogP) is 6.74. The molecule has 7 heteroatoms. The summed E-state index contributed by atoms with van der Waals surface area (Å²) < 4.78 is 39.3. The average Bonchev–Trinajstić information content (AvgIpc) is 2.67. The lowest BCUT2D eigenvalue weighted by molar-refractivity contribution is -0.137. The Bertz CT molecular complexity index is 1010. The average molecular weight is 435 g/mol. The normalized spacial score (nSPS) is 12.3. The van der Waals surface area contributed by atoms with Crippen LogP contribution < -0.4 is 10.6 Å². The van der Waals surface area contributed by atoms with Crippen molar-refractivity contribution in [2.24, 2.45) is 0 Å². The van der Waals surface area contributed by atoms with Gasteiger partial charge >= 0.3 is 6.18 Å². The standard InChI is InChI=1S/C22H18ClF3N2S/c1-14-6-5-9-16(12-14)20(15-7-3-2-4-8-15)28-21(29)27-17-10-11-19(23)18(13-17)22(24,25)26/h2-13,20H,1H3,(H2,27,28,29). The molecule has 1 atom stereocenters. The maximum absolute atomic E-state index is 13.1. The first-order chi connectivity index (χ1) is 13.7. The number of aryl methyl sites for hydroxylation is 1. The largest absolute Gasteiger partial charge is 0.417 e. The van der Waals surface area contributed by atoms with Crippen molar-refractivity contribution in [3.05, 3.63) is 100 Å². The molecule has 2 N–H and O–H groups in total. The van der Waals surface area contributed by atoms with Crippen LogP contribution in [0.3, 0.4) is 0 Å². The lowest BCUT2D eigenvalue weighted by Crippen LogP contribution is -2.33. The van der Waals surface area contributed by atoms with Crippen molar-refractivity contribution in [2.75, 3.05) is 5.32 Å². The highest BCUT2D eigenvalue weighted by atomic mass is 35.5. The van der Waals surface area contributed by atoms with Crippen molar-refractivity contribution >= 4 is 34.6 Å². The summed E-state index contributed by atoms with van der Waals surface area (Å²) in [7, 11) is 0. The van der Waals surface area contributed by atoms with E-state index in [-0.39, 0.29) is 21.9 Å². The van der Waals surface area contributed by atoms with Gasteiger partial charge in [-0.2, -0.15) is 13.2 Å². The molecule has 0 saturated heterocycles. The Morgan fingerprint density at radius 3 is 2.28 bits per heavy atom. The van der Waals surface area contributed by atoms with Crippen LogP contribution in [0, 0.1) is 6.92 Å². The number of alkyl halides is 3. The third kappa shape index (κ3) is 5.49. The molecule has 3 aromatic rings. The molecule has 0 fully saturated rings. The minimum Gasteiger partial charge on any atom is -0.352 e. The molecule has 150 valence electrons. The third-order valence-corrected chi connectivity index (χ3v) is 4.86. The van der Waals surface area contributed by atoms with E-state index in [1.54, 1.807) is 0 Å². The van der Waals surface area contributed by atoms with E-state index >= 15 is 0 Å². The zero-order chi connectivity index (χ0) is 21.0. The van der Waals surface area contributed by atoms with E-state index < -0.39 is 11.7 Å². The predicted molar refractivity (Wildman–Crippen MR) is 115 cm³/mol. The second-order valence-corrected chi connectivity index (χ2v) is 7.36. The summed E-state index contributed by atoms with van der Waals surface area (Å²) in [5, 5.41) is 5.88. The summed E-state index contributed by atoms with van der Waals surface area (Å²) >= 11 is 11.1. The zero-order valence-corrected chi connectivity index (χ0v) is 17.0. The van der Waals surface area contributed by atoms with Crippen LogP contribution in [0.1, 0.15) is 28.3 Å². The van der Waals surface area contributed by atoms with Crippen LogP contribution in [0.15, 0.2) is 72.8 Å². The Kier molecular flexibility index (Phi) is 6.45. The van der Waals surface area contributed by atoms with Crippen LogP contribution in [0.25, 0.3) is 0 Å². The number of anilines is 1. The summed E-state index contributed by atoms with van der Waals surface area (Å²) in [4.78, 5) is 0. The first kappa shape index (κ1) is 21.1. The highest BCUT2D eigenvalue weighted by molar-refractivity contribution is 7.80. The van der Waals surface area contributed by atoms with Crippen LogP contribution in [-0.4, -0.2) is 5.11 Å². The van der Waals surface area contributed by atoms with E-state index in [9.17, 15) is 13.2 Å². The smallest absolute Gasteiger partial charge is 0.352 e. The highest BCUT2D eigenvalue weighted by Crippen LogP contribution is 2.36. The molecule has 3 rings (SSSR count). The molecule has 2 nitrogen and oxygen atoms in total. The number of hydrogen-bond acceptors (Lipinski definition) is 1. The topological polar surface area (TPSA) is 24.1 Å². The number of thiocarbonyl (C=S) groups is 1. The molecule has 0 aliphatic carbocycles. The summed E-state index contributed by atoms with van der Waals surface area (Å²) in [5.41, 5.74) is 2.36. The number of hydrogen-bond donors (Lipinski definition) is 2. The Morgan fingerprint density at radius 1 is 0.931 bits per heavy atom. The van der Waals surface area contributed by atoms with Crippen molar-refractivity contribution in [3.8, 4) is 0 Å². The minimum atomic E-state index is -4.54. The van der Waals surface area contributed by atoms with Gasteiger partial charge in [0, 0.05) is 5.69 Å². The van der Waals surface area contributed by atoms with Gasteiger partial charge in [-0.05, 0) is 48.5 Å². The number of nitrogens with one attached hydrogen (secondary N) is 2. The minimum absolute atomic E-state index is 0.204. The van der Waals surface area contributed by atoms with E-state index in [1.807, 2.05) is 61.5 Å². The number of halogens is 4. The van der Waals surface area contributed by atoms with Gasteiger partial charge in [-0.3, -0.25) is 0 Å². The Balaban J connectivity index is 1.84. The summed E-state index contributed by atoms with van der Waals surface area (Å²) in [6.45, 7) is 1.99. The Morgan fingerprint density at radius 2 is 1.62 bits per heavy atom. The highest BCUT2D eigenvalue weighted by Gasteiger charge is 2.33. The molecule has 0 radical (unpaired) electrons. The van der Waals surface area contributed by atoms with Crippen LogP contribution in [-0.2, 0) is 6.18 Å². The lowest BCUT2D eigenvalue weighted by Gasteiger charge is -2.22. The molecule has 0 amide bonds. The molecular weight excluding hydrogens is 417 g/mol. The molecule has 0 spiro atoms. The van der Waals surface area contributed by atoms with Crippen molar-refractivity contribution in [2.45, 2.75) is 19.1 Å². The molecule has 29 heavy (non-hydrogen) atoms. The first-order valence-electron chi connectivity index (χ1n) is 8.80. The molecule has 0 aromatic heterocycles. The fraction of sp³-hybridized carbons (Fsp3) is 0.136. The number of rotatable bonds is 4. The molecular formula is C22H18ClF3N2S. The molecule has 1 unspecified atom stereocenters. The number of benzene rings is 3. The van der Waals surface area contributed by atoms with E-state index in [4.69, 9.17) is 23.8 Å². The fourth-order valence-electron chi connectivity index (χ4n) is 2.97. The molecule has 0 bridgehead atoms. The van der Waals surface area contributed by atoms with Gasteiger partial charge in [0.2, 0.25) is 0 Å². The van der Waals surface area contributed by atoms with Crippen LogP contribution in [0.5, 0.6) is 0 Å². The van der Waals surface area contributed by atoms with Crippen LogP contribution >= 0.6 is 23.8 Å². The van der Waals surface area contributed by atoms with E-state index in [0.29, 0.717) is 0 Å². The monoisotopic (exact) mass is 434 g/mol. The van der Waals surface area contributed by atoms with Crippen LogP contribution in [0.4, 0.5) is 18.9 Å². The van der Waals surface area contributed by atoms with Gasteiger partial charge in [0.15, 0.2) is 5.11 Å². The van der Waals surface area contributed by atoms with Crippen molar-refractivity contribution < 1.29 is 13.2 Å². The zero-order valence-electron chi connectivity index (χ0n) is 15.4. The Hall–Kier alpha value is -2.57. The van der Waals surface area contributed by atoms with Gasteiger partial charge in [-0.1, -0.05) is 71.8 Å². The van der Waals surface area contributed by atoms with Crippen molar-refractivity contribution in [3.63, 3.8) is 0 Å². The molecule has 3 aromatic carbocycles. The maximum Gasteiger partial charge on any atom is 0.417 e. The second-order valence-electron chi connectivity index (χ2n) is 6.55. The lowest BCUT2D eigenvalue weighted by atomic mass is 9.97. The van der Waals surface area contributed by atoms with E-state index in [2.05, 4.69) is 10.6 Å². The summed E-state index contributed by atoms with van der Waals surface area (Å²) in [5.74, 6) is 0. The van der Waals surface area contributed by atoms with Crippen molar-refractivity contribution in [1.29, 1.82) is 0 Å². The van der Waals surface area contributed by atoms with Gasteiger partial charge in [0.25, 0.3) is 0 Å².